The van der Waals surface area contributed by atoms with Gasteiger partial charge in [0.15, 0.2) is 0 Å². The van der Waals surface area contributed by atoms with Crippen molar-refractivity contribution >= 4 is 23.6 Å². The summed E-state index contributed by atoms with van der Waals surface area (Å²) < 4.78 is 4.99. The Bertz CT molecular complexity index is 458. The predicted octanol–water partition coefficient (Wildman–Crippen LogP) is -0.486. The molecular weight excluding hydrogens is 228 g/mol. The molecule has 0 aliphatic rings. The van der Waals surface area contributed by atoms with Crippen molar-refractivity contribution in [3.05, 3.63) is 17.7 Å². The topological polar surface area (TPSA) is 114 Å². The van der Waals surface area contributed by atoms with Gasteiger partial charge in [-0.1, -0.05) is 0 Å². The highest BCUT2D eigenvalue weighted by Gasteiger charge is 2.08. The zero-order valence-electron chi connectivity index (χ0n) is 9.20. The fourth-order valence-corrected chi connectivity index (χ4v) is 1.44. The van der Waals surface area contributed by atoms with Gasteiger partial charge in [0, 0.05) is 5.69 Å². The molecule has 0 radical (unpaired) electrons. The third kappa shape index (κ3) is 3.26. The number of carboxylic acid groups (broad SMARTS) is 2. The van der Waals surface area contributed by atoms with Crippen molar-refractivity contribution < 1.29 is 24.5 Å². The number of hydrogen-bond donors (Lipinski definition) is 2. The molecular formula is C10H10N2O5-2. The summed E-state index contributed by atoms with van der Waals surface area (Å²) in [5.41, 5.74) is 0.825. The number of rotatable bonds is 3. The van der Waals surface area contributed by atoms with Crippen LogP contribution in [0.3, 0.4) is 0 Å². The van der Waals surface area contributed by atoms with Gasteiger partial charge in [-0.2, -0.15) is 0 Å². The molecule has 7 heteroatoms. The number of amides is 2. The fourth-order valence-electron chi connectivity index (χ4n) is 1.44. The Morgan fingerprint density at radius 1 is 1.18 bits per heavy atom. The van der Waals surface area contributed by atoms with E-state index in [2.05, 4.69) is 0 Å². The van der Waals surface area contributed by atoms with Gasteiger partial charge in [0.05, 0.1) is 12.8 Å². The number of methoxy groups -OCH3 is 1. The molecule has 0 fully saturated rings. The van der Waals surface area contributed by atoms with Crippen molar-refractivity contribution in [1.29, 1.82) is 0 Å². The van der Waals surface area contributed by atoms with Gasteiger partial charge in [-0.05, 0) is 24.6 Å². The van der Waals surface area contributed by atoms with Gasteiger partial charge in [-0.3, -0.25) is 0 Å². The molecule has 7 nitrogen and oxygen atoms in total. The molecule has 0 atom stereocenters. The third-order valence-electron chi connectivity index (χ3n) is 1.96. The molecule has 0 saturated carbocycles. The smallest absolute Gasteiger partial charge is 0.145 e. The van der Waals surface area contributed by atoms with E-state index in [0.717, 1.165) is 0 Å². The average Bonchev–Trinajstić information content (AvgIpc) is 2.14. The summed E-state index contributed by atoms with van der Waals surface area (Å²) in [5.74, 6) is 0.290. The lowest BCUT2D eigenvalue weighted by atomic mass is 10.1. The van der Waals surface area contributed by atoms with Crippen molar-refractivity contribution in [2.45, 2.75) is 6.92 Å². The first kappa shape index (κ1) is 12.6. The first-order chi connectivity index (χ1) is 7.93. The number of hydrogen-bond acceptors (Lipinski definition) is 5. The lowest BCUT2D eigenvalue weighted by Crippen LogP contribution is -2.30. The Balaban J connectivity index is 3.18. The Morgan fingerprint density at radius 3 is 2.24 bits per heavy atom. The number of carbonyl (C=O) groups excluding carboxylic acids is 2. The quantitative estimate of drug-likeness (QED) is 0.737. The lowest BCUT2D eigenvalue weighted by molar-refractivity contribution is -0.243. The van der Waals surface area contributed by atoms with Gasteiger partial charge >= 0.3 is 0 Å². The summed E-state index contributed by atoms with van der Waals surface area (Å²) in [4.78, 5) is 20.8. The number of carbonyl (C=O) groups is 2. The van der Waals surface area contributed by atoms with Crippen molar-refractivity contribution in [3.8, 4) is 5.75 Å². The highest BCUT2D eigenvalue weighted by molar-refractivity contribution is 5.88. The van der Waals surface area contributed by atoms with Crippen molar-refractivity contribution in [3.63, 3.8) is 0 Å². The standard InChI is InChI=1S/C10H12N2O5/c1-5-3-6(11-9(13)14)4-7(8(5)17-2)12-10(15)16/h3-4,11-12H,1-2H3,(H,13,14)(H,15,16)/p-2. The minimum absolute atomic E-state index is 0.0938. The monoisotopic (exact) mass is 238 g/mol. The molecule has 1 aromatic carbocycles. The molecule has 0 unspecified atom stereocenters. The minimum atomic E-state index is -1.52. The Hall–Kier alpha value is -2.44. The third-order valence-corrected chi connectivity index (χ3v) is 1.96. The van der Waals surface area contributed by atoms with Crippen LogP contribution in [-0.2, 0) is 0 Å². The molecule has 92 valence electrons. The van der Waals surface area contributed by atoms with E-state index in [9.17, 15) is 19.8 Å². The van der Waals surface area contributed by atoms with E-state index >= 15 is 0 Å². The number of nitrogens with one attached hydrogen (secondary N) is 2. The highest BCUT2D eigenvalue weighted by Crippen LogP contribution is 2.31. The van der Waals surface area contributed by atoms with E-state index in [1.165, 1.54) is 19.2 Å². The van der Waals surface area contributed by atoms with Gasteiger partial charge in [0.25, 0.3) is 0 Å². The van der Waals surface area contributed by atoms with E-state index in [0.29, 0.717) is 5.56 Å². The SMILES string of the molecule is COc1c(C)cc(NC(=O)[O-])cc1NC(=O)[O-]. The number of aryl methyl sites for hydroxylation is 1. The largest absolute Gasteiger partial charge is 0.530 e. The first-order valence-corrected chi connectivity index (χ1v) is 4.58. The summed E-state index contributed by atoms with van der Waals surface area (Å²) in [5, 5.41) is 24.8. The summed E-state index contributed by atoms with van der Waals surface area (Å²) in [6.45, 7) is 1.64. The molecule has 0 aromatic heterocycles. The lowest BCUT2D eigenvalue weighted by Gasteiger charge is -2.16. The second kappa shape index (κ2) is 5.06. The van der Waals surface area contributed by atoms with Crippen molar-refractivity contribution in [1.82, 2.24) is 0 Å². The van der Waals surface area contributed by atoms with Crippen molar-refractivity contribution in [2.75, 3.05) is 17.7 Å². The zero-order valence-corrected chi connectivity index (χ0v) is 9.20. The van der Waals surface area contributed by atoms with E-state index in [1.807, 2.05) is 10.6 Å². The molecule has 2 N–H and O–H groups in total. The van der Waals surface area contributed by atoms with Gasteiger partial charge < -0.3 is 35.2 Å². The van der Waals surface area contributed by atoms with Crippen LogP contribution < -0.4 is 25.6 Å². The summed E-state index contributed by atoms with van der Waals surface area (Å²) >= 11 is 0. The second-order valence-corrected chi connectivity index (χ2v) is 3.20. The molecule has 1 rings (SSSR count). The van der Waals surface area contributed by atoms with Gasteiger partial charge in [0.1, 0.15) is 17.9 Å². The summed E-state index contributed by atoms with van der Waals surface area (Å²) in [7, 11) is 1.37. The normalized spacial score (nSPS) is 9.53. The van der Waals surface area contributed by atoms with Gasteiger partial charge in [0.2, 0.25) is 0 Å². The molecule has 0 saturated heterocycles. The van der Waals surface area contributed by atoms with Crippen LogP contribution >= 0.6 is 0 Å². The van der Waals surface area contributed by atoms with Crippen LogP contribution in [0.5, 0.6) is 5.75 Å². The predicted molar refractivity (Wildman–Crippen MR) is 55.8 cm³/mol. The van der Waals surface area contributed by atoms with Crippen LogP contribution in [0.25, 0.3) is 0 Å². The van der Waals surface area contributed by atoms with Crippen molar-refractivity contribution in [2.24, 2.45) is 0 Å². The molecule has 0 aliphatic heterocycles. The maximum absolute atomic E-state index is 10.5. The molecule has 2 amide bonds. The number of anilines is 2. The van der Waals surface area contributed by atoms with E-state index in [4.69, 9.17) is 4.74 Å². The summed E-state index contributed by atoms with van der Waals surface area (Å²) in [6, 6.07) is 2.74. The van der Waals surface area contributed by atoms with Gasteiger partial charge in [-0.15, -0.1) is 0 Å². The van der Waals surface area contributed by atoms with Crippen LogP contribution in [0.15, 0.2) is 12.1 Å². The zero-order chi connectivity index (χ0) is 13.0. The first-order valence-electron chi connectivity index (χ1n) is 4.58. The van der Waals surface area contributed by atoms with Crippen LogP contribution in [0.1, 0.15) is 5.56 Å². The van der Waals surface area contributed by atoms with E-state index in [-0.39, 0.29) is 17.1 Å². The number of benzene rings is 1. The Kier molecular flexibility index (Phi) is 3.76. The van der Waals surface area contributed by atoms with Crippen LogP contribution in [0.4, 0.5) is 21.0 Å². The van der Waals surface area contributed by atoms with Crippen LogP contribution in [0, 0.1) is 6.92 Å². The fraction of sp³-hybridized carbons (Fsp3) is 0.200. The van der Waals surface area contributed by atoms with E-state index < -0.39 is 12.2 Å². The molecule has 0 spiro atoms. The van der Waals surface area contributed by atoms with Gasteiger partial charge in [-0.25, -0.2) is 0 Å². The molecule has 17 heavy (non-hydrogen) atoms. The molecule has 1 aromatic rings. The van der Waals surface area contributed by atoms with Crippen LogP contribution in [-0.4, -0.2) is 19.3 Å². The minimum Gasteiger partial charge on any atom is -0.530 e. The number of ether oxygens (including phenoxy) is 1. The second-order valence-electron chi connectivity index (χ2n) is 3.20. The Morgan fingerprint density at radius 2 is 1.76 bits per heavy atom. The maximum atomic E-state index is 10.5. The summed E-state index contributed by atoms with van der Waals surface area (Å²) in [6.07, 6.45) is -3.01. The van der Waals surface area contributed by atoms with Crippen LogP contribution in [0.2, 0.25) is 0 Å². The average molecular weight is 238 g/mol. The molecule has 0 aliphatic carbocycles. The molecule has 0 bridgehead atoms. The van der Waals surface area contributed by atoms with E-state index in [1.54, 1.807) is 6.92 Å². The Labute approximate surface area is 97.0 Å². The highest BCUT2D eigenvalue weighted by atomic mass is 16.5. The maximum Gasteiger partial charge on any atom is 0.145 e. The molecule has 0 heterocycles.